The van der Waals surface area contributed by atoms with E-state index in [0.29, 0.717) is 0 Å². The predicted octanol–water partition coefficient (Wildman–Crippen LogP) is 2.99. The molecule has 3 nitrogen and oxygen atoms in total. The summed E-state index contributed by atoms with van der Waals surface area (Å²) in [4.78, 5) is 0. The highest BCUT2D eigenvalue weighted by Gasteiger charge is 2.24. The first-order valence-electron chi connectivity index (χ1n) is 6.79. The SMILES string of the molecule is C1CCC(C2CCCCC2)CC1.N=C(N)N. The van der Waals surface area contributed by atoms with E-state index < -0.39 is 0 Å². The second-order valence-electron chi connectivity index (χ2n) is 5.25. The Labute approximate surface area is 99.5 Å². The molecule has 0 amide bonds. The van der Waals surface area contributed by atoms with Gasteiger partial charge in [0.05, 0.1) is 0 Å². The Morgan fingerprint density at radius 2 is 0.938 bits per heavy atom. The summed E-state index contributed by atoms with van der Waals surface area (Å²) in [5.41, 5.74) is 8.94. The molecular formula is C13H27N3. The lowest BCUT2D eigenvalue weighted by Crippen LogP contribution is -2.20. The highest BCUT2D eigenvalue weighted by atomic mass is 14.9. The van der Waals surface area contributed by atoms with Gasteiger partial charge in [0.2, 0.25) is 0 Å². The van der Waals surface area contributed by atoms with Gasteiger partial charge in [-0.25, -0.2) is 0 Å². The molecular weight excluding hydrogens is 198 g/mol. The van der Waals surface area contributed by atoms with Gasteiger partial charge < -0.3 is 11.5 Å². The van der Waals surface area contributed by atoms with Gasteiger partial charge in [-0.15, -0.1) is 0 Å². The van der Waals surface area contributed by atoms with Crippen LogP contribution >= 0.6 is 0 Å². The van der Waals surface area contributed by atoms with Gasteiger partial charge in [-0.05, 0) is 11.8 Å². The fourth-order valence-corrected chi connectivity index (χ4v) is 3.21. The van der Waals surface area contributed by atoms with Crippen LogP contribution in [0.5, 0.6) is 0 Å². The molecule has 2 saturated carbocycles. The van der Waals surface area contributed by atoms with Crippen LogP contribution in [-0.4, -0.2) is 5.96 Å². The van der Waals surface area contributed by atoms with Crippen LogP contribution in [0.2, 0.25) is 0 Å². The van der Waals surface area contributed by atoms with Crippen LogP contribution in [0.4, 0.5) is 0 Å². The Kier molecular flexibility index (Phi) is 6.27. The lowest BCUT2D eigenvalue weighted by molar-refractivity contribution is 0.196. The third-order valence-corrected chi connectivity index (χ3v) is 3.97. The third kappa shape index (κ3) is 5.38. The number of hydrogen-bond acceptors (Lipinski definition) is 1. The number of rotatable bonds is 1. The molecule has 0 aromatic heterocycles. The van der Waals surface area contributed by atoms with Crippen LogP contribution in [0.3, 0.4) is 0 Å². The third-order valence-electron chi connectivity index (χ3n) is 3.97. The van der Waals surface area contributed by atoms with Crippen molar-refractivity contribution in [1.29, 1.82) is 5.41 Å². The summed E-state index contributed by atoms with van der Waals surface area (Å²) in [6.07, 6.45) is 15.4. The van der Waals surface area contributed by atoms with Crippen molar-refractivity contribution >= 4 is 5.96 Å². The fraction of sp³-hybridized carbons (Fsp3) is 0.923. The second kappa shape index (κ2) is 7.53. The molecule has 0 aromatic rings. The zero-order valence-electron chi connectivity index (χ0n) is 10.4. The van der Waals surface area contributed by atoms with E-state index in [1.807, 2.05) is 0 Å². The van der Waals surface area contributed by atoms with Crippen molar-refractivity contribution in [2.75, 3.05) is 0 Å². The van der Waals surface area contributed by atoms with E-state index in [1.165, 1.54) is 38.5 Å². The largest absolute Gasteiger partial charge is 0.370 e. The predicted molar refractivity (Wildman–Crippen MR) is 69.3 cm³/mol. The number of nitrogens with two attached hydrogens (primary N) is 2. The van der Waals surface area contributed by atoms with Crippen molar-refractivity contribution in [2.45, 2.75) is 64.2 Å². The first-order chi connectivity index (χ1) is 7.70. The first kappa shape index (κ1) is 13.3. The maximum absolute atomic E-state index is 6.06. The molecule has 5 N–H and O–H groups in total. The molecule has 0 atom stereocenters. The molecule has 0 spiro atoms. The van der Waals surface area contributed by atoms with Gasteiger partial charge in [0.25, 0.3) is 0 Å². The molecule has 3 heteroatoms. The zero-order valence-corrected chi connectivity index (χ0v) is 10.4. The van der Waals surface area contributed by atoms with Crippen LogP contribution < -0.4 is 11.5 Å². The quantitative estimate of drug-likeness (QED) is 0.474. The van der Waals surface area contributed by atoms with Crippen LogP contribution in [0, 0.1) is 17.2 Å². The van der Waals surface area contributed by atoms with Gasteiger partial charge >= 0.3 is 0 Å². The minimum absolute atomic E-state index is 0.333. The van der Waals surface area contributed by atoms with Crippen LogP contribution in [0.25, 0.3) is 0 Å². The Morgan fingerprint density at radius 3 is 1.19 bits per heavy atom. The molecule has 0 aliphatic heterocycles. The van der Waals surface area contributed by atoms with Crippen molar-refractivity contribution in [3.63, 3.8) is 0 Å². The molecule has 0 aromatic carbocycles. The molecule has 0 heterocycles. The minimum atomic E-state index is -0.333. The summed E-state index contributed by atoms with van der Waals surface area (Å²) >= 11 is 0. The lowest BCUT2D eigenvalue weighted by Gasteiger charge is -2.32. The van der Waals surface area contributed by atoms with E-state index >= 15 is 0 Å². The maximum atomic E-state index is 6.06. The molecule has 16 heavy (non-hydrogen) atoms. The second-order valence-corrected chi connectivity index (χ2v) is 5.25. The summed E-state index contributed by atoms with van der Waals surface area (Å²) in [5, 5.41) is 6.06. The van der Waals surface area contributed by atoms with E-state index in [0.717, 1.165) is 11.8 Å². The summed E-state index contributed by atoms with van der Waals surface area (Å²) in [6.45, 7) is 0. The van der Waals surface area contributed by atoms with Gasteiger partial charge in [-0.2, -0.15) is 0 Å². The number of hydrogen-bond donors (Lipinski definition) is 3. The molecule has 0 saturated heterocycles. The highest BCUT2D eigenvalue weighted by Crippen LogP contribution is 2.37. The Balaban J connectivity index is 0.000000280. The topological polar surface area (TPSA) is 75.9 Å². The van der Waals surface area contributed by atoms with Gasteiger partial charge in [-0.3, -0.25) is 5.41 Å². The van der Waals surface area contributed by atoms with Crippen LogP contribution in [0.15, 0.2) is 0 Å². The molecule has 0 unspecified atom stereocenters. The van der Waals surface area contributed by atoms with Crippen LogP contribution in [0.1, 0.15) is 64.2 Å². The molecule has 94 valence electrons. The smallest absolute Gasteiger partial charge is 0.183 e. The van der Waals surface area contributed by atoms with E-state index in [4.69, 9.17) is 5.41 Å². The van der Waals surface area contributed by atoms with Crippen molar-refractivity contribution in [1.82, 2.24) is 0 Å². The first-order valence-corrected chi connectivity index (χ1v) is 6.79. The van der Waals surface area contributed by atoms with Crippen LogP contribution in [-0.2, 0) is 0 Å². The molecule has 2 rings (SSSR count). The molecule has 2 fully saturated rings. The van der Waals surface area contributed by atoms with Crippen molar-refractivity contribution in [2.24, 2.45) is 23.3 Å². The van der Waals surface area contributed by atoms with Crippen molar-refractivity contribution in [3.8, 4) is 0 Å². The Morgan fingerprint density at radius 1 is 0.688 bits per heavy atom. The van der Waals surface area contributed by atoms with E-state index in [2.05, 4.69) is 11.5 Å². The van der Waals surface area contributed by atoms with Gasteiger partial charge in [0, 0.05) is 0 Å². The molecule has 0 radical (unpaired) electrons. The standard InChI is InChI=1S/C12H22.CH5N3/c1-3-7-11(8-4-1)12-9-5-2-6-10-12;2-1(3)4/h11-12H,1-10H2;(H5,2,3,4). The van der Waals surface area contributed by atoms with Crippen molar-refractivity contribution in [3.05, 3.63) is 0 Å². The number of nitrogens with one attached hydrogen (secondary N) is 1. The molecule has 2 aliphatic rings. The highest BCUT2D eigenvalue weighted by molar-refractivity contribution is 5.71. The monoisotopic (exact) mass is 225 g/mol. The van der Waals surface area contributed by atoms with Gasteiger partial charge in [0.15, 0.2) is 5.96 Å². The van der Waals surface area contributed by atoms with E-state index in [-0.39, 0.29) is 5.96 Å². The lowest BCUT2D eigenvalue weighted by atomic mass is 9.73. The normalized spacial score (nSPS) is 23.2. The van der Waals surface area contributed by atoms with Crippen molar-refractivity contribution < 1.29 is 0 Å². The maximum Gasteiger partial charge on any atom is 0.183 e. The molecule has 2 aliphatic carbocycles. The minimum Gasteiger partial charge on any atom is -0.370 e. The Hall–Kier alpha value is -0.730. The van der Waals surface area contributed by atoms with Gasteiger partial charge in [-0.1, -0.05) is 64.2 Å². The molecule has 0 bridgehead atoms. The summed E-state index contributed by atoms with van der Waals surface area (Å²) < 4.78 is 0. The average Bonchev–Trinajstić information content (AvgIpc) is 2.31. The fourth-order valence-electron chi connectivity index (χ4n) is 3.21. The Bertz CT molecular complexity index is 171. The summed E-state index contributed by atoms with van der Waals surface area (Å²) in [7, 11) is 0. The number of guanidine groups is 1. The summed E-state index contributed by atoms with van der Waals surface area (Å²) in [6, 6.07) is 0. The average molecular weight is 225 g/mol. The van der Waals surface area contributed by atoms with E-state index in [9.17, 15) is 0 Å². The van der Waals surface area contributed by atoms with Gasteiger partial charge in [0.1, 0.15) is 0 Å². The zero-order chi connectivity index (χ0) is 11.8. The summed E-state index contributed by atoms with van der Waals surface area (Å²) in [5.74, 6) is 1.94. The van der Waals surface area contributed by atoms with E-state index in [1.54, 1.807) is 25.7 Å².